The van der Waals surface area contributed by atoms with Crippen LogP contribution in [0, 0.1) is 0 Å². The Morgan fingerprint density at radius 3 is 2.54 bits per heavy atom. The monoisotopic (exact) mass is 417 g/mol. The fraction of sp³-hybridized carbons (Fsp3) is 0.250. The topological polar surface area (TPSA) is 88.6 Å². The van der Waals surface area contributed by atoms with Crippen LogP contribution in [0.1, 0.15) is 17.4 Å². The molecule has 1 heterocycles. The predicted octanol–water partition coefficient (Wildman–Crippen LogP) is 3.29. The molecule has 10 heteroatoms. The molecular weight excluding hydrogens is 401 g/mol. The van der Waals surface area contributed by atoms with E-state index in [1.807, 2.05) is 0 Å². The molecule has 0 atom stereocenters. The summed E-state index contributed by atoms with van der Waals surface area (Å²) in [6.07, 6.45) is 0. The lowest BCUT2D eigenvalue weighted by Gasteiger charge is -2.16. The quantitative estimate of drug-likeness (QED) is 0.728. The van der Waals surface area contributed by atoms with Crippen LogP contribution >= 0.6 is 23.2 Å². The zero-order chi connectivity index (χ0) is 19.5. The molecule has 0 aliphatic carbocycles. The molecule has 0 saturated heterocycles. The van der Waals surface area contributed by atoms with Crippen molar-refractivity contribution < 1.29 is 17.9 Å². The summed E-state index contributed by atoms with van der Waals surface area (Å²) < 4.78 is 31.5. The molecule has 1 aromatic carbocycles. The molecule has 0 unspecified atom stereocenters. The van der Waals surface area contributed by atoms with E-state index in [0.717, 1.165) is 4.31 Å². The number of sulfonamides is 1. The molecule has 0 bridgehead atoms. The van der Waals surface area contributed by atoms with Crippen molar-refractivity contribution in [2.24, 2.45) is 0 Å². The van der Waals surface area contributed by atoms with Gasteiger partial charge in [-0.05, 0) is 37.3 Å². The number of aromatic nitrogens is 1. The molecule has 1 aromatic heterocycles. The average Bonchev–Trinajstić information content (AvgIpc) is 2.58. The van der Waals surface area contributed by atoms with Gasteiger partial charge in [0.25, 0.3) is 5.91 Å². The molecule has 0 radical (unpaired) electrons. The average molecular weight is 418 g/mol. The van der Waals surface area contributed by atoms with Crippen LogP contribution in [0.2, 0.25) is 10.2 Å². The lowest BCUT2D eigenvalue weighted by atomic mass is 10.2. The van der Waals surface area contributed by atoms with Crippen molar-refractivity contribution in [2.75, 3.05) is 26.0 Å². The summed E-state index contributed by atoms with van der Waals surface area (Å²) >= 11 is 11.8. The van der Waals surface area contributed by atoms with E-state index < -0.39 is 15.9 Å². The fourth-order valence-corrected chi connectivity index (χ4v) is 3.42. The van der Waals surface area contributed by atoms with Crippen LogP contribution in [0.3, 0.4) is 0 Å². The number of benzene rings is 1. The minimum Gasteiger partial charge on any atom is -0.492 e. The lowest BCUT2D eigenvalue weighted by molar-refractivity contribution is 0.102. The maximum absolute atomic E-state index is 12.5. The van der Waals surface area contributed by atoms with Gasteiger partial charge in [0, 0.05) is 19.8 Å². The van der Waals surface area contributed by atoms with Gasteiger partial charge in [-0.1, -0.05) is 23.2 Å². The Labute approximate surface area is 161 Å². The van der Waals surface area contributed by atoms with Crippen LogP contribution in [0.25, 0.3) is 0 Å². The van der Waals surface area contributed by atoms with Gasteiger partial charge < -0.3 is 10.1 Å². The summed E-state index contributed by atoms with van der Waals surface area (Å²) in [5.74, 6) is -0.423. The molecule has 2 aromatic rings. The summed E-state index contributed by atoms with van der Waals surface area (Å²) in [7, 11) is -0.956. The fourth-order valence-electron chi connectivity index (χ4n) is 2.03. The van der Waals surface area contributed by atoms with Gasteiger partial charge in [0.2, 0.25) is 10.0 Å². The van der Waals surface area contributed by atoms with Crippen molar-refractivity contribution in [1.29, 1.82) is 0 Å². The van der Waals surface area contributed by atoms with Gasteiger partial charge >= 0.3 is 0 Å². The van der Waals surface area contributed by atoms with E-state index in [1.165, 1.54) is 44.4 Å². The second-order valence-corrected chi connectivity index (χ2v) is 8.22. The van der Waals surface area contributed by atoms with Gasteiger partial charge in [-0.25, -0.2) is 17.7 Å². The Hall–Kier alpha value is -1.87. The molecule has 26 heavy (non-hydrogen) atoms. The lowest BCUT2D eigenvalue weighted by Crippen LogP contribution is -2.23. The number of carbonyl (C=O) groups excluding carboxylic acids is 1. The summed E-state index contributed by atoms with van der Waals surface area (Å²) in [5.41, 5.74) is 0.182. The Balaban J connectivity index is 2.42. The van der Waals surface area contributed by atoms with Gasteiger partial charge in [0.05, 0.1) is 11.6 Å². The third-order valence-corrected chi connectivity index (χ3v) is 5.64. The van der Waals surface area contributed by atoms with Gasteiger partial charge in [-0.3, -0.25) is 4.79 Å². The SMILES string of the molecule is CCOc1ccc(NC(=O)c2nc(Cl)ccc2Cl)cc1S(=O)(=O)N(C)C. The van der Waals surface area contributed by atoms with E-state index in [1.54, 1.807) is 6.92 Å². The van der Waals surface area contributed by atoms with E-state index in [9.17, 15) is 13.2 Å². The molecule has 0 fully saturated rings. The summed E-state index contributed by atoms with van der Waals surface area (Å²) in [6.45, 7) is 2.04. The van der Waals surface area contributed by atoms with Crippen LogP contribution in [-0.4, -0.2) is 44.3 Å². The van der Waals surface area contributed by atoms with Crippen LogP contribution < -0.4 is 10.1 Å². The zero-order valence-electron chi connectivity index (χ0n) is 14.3. The van der Waals surface area contributed by atoms with Crippen molar-refractivity contribution >= 4 is 44.8 Å². The van der Waals surface area contributed by atoms with Crippen LogP contribution in [0.5, 0.6) is 5.75 Å². The highest BCUT2D eigenvalue weighted by atomic mass is 35.5. The number of nitrogens with zero attached hydrogens (tertiary/aromatic N) is 2. The van der Waals surface area contributed by atoms with Crippen LogP contribution in [0.15, 0.2) is 35.2 Å². The number of halogens is 2. The maximum atomic E-state index is 12.5. The first kappa shape index (κ1) is 20.4. The van der Waals surface area contributed by atoms with Crippen LogP contribution in [-0.2, 0) is 10.0 Å². The minimum absolute atomic E-state index is 0.0627. The molecule has 0 spiro atoms. The summed E-state index contributed by atoms with van der Waals surface area (Å²) in [6, 6.07) is 7.22. The minimum atomic E-state index is -3.77. The molecule has 0 aliphatic rings. The van der Waals surface area contributed by atoms with Gasteiger partial charge in [0.15, 0.2) is 0 Å². The molecule has 1 N–H and O–H groups in total. The number of hydrogen-bond acceptors (Lipinski definition) is 5. The molecule has 1 amide bonds. The van der Waals surface area contributed by atoms with E-state index in [2.05, 4.69) is 10.3 Å². The van der Waals surface area contributed by atoms with Crippen molar-refractivity contribution in [3.8, 4) is 5.75 Å². The van der Waals surface area contributed by atoms with E-state index in [-0.39, 0.29) is 32.2 Å². The maximum Gasteiger partial charge on any atom is 0.275 e. The zero-order valence-corrected chi connectivity index (χ0v) is 16.6. The first-order chi connectivity index (χ1) is 12.2. The number of amides is 1. The van der Waals surface area contributed by atoms with E-state index >= 15 is 0 Å². The number of anilines is 1. The number of carbonyl (C=O) groups is 1. The Morgan fingerprint density at radius 1 is 1.23 bits per heavy atom. The molecule has 0 aliphatic heterocycles. The highest BCUT2D eigenvalue weighted by Gasteiger charge is 2.23. The highest BCUT2D eigenvalue weighted by molar-refractivity contribution is 7.89. The number of hydrogen-bond donors (Lipinski definition) is 1. The molecule has 0 saturated carbocycles. The highest BCUT2D eigenvalue weighted by Crippen LogP contribution is 2.29. The third kappa shape index (κ3) is 4.45. The second-order valence-electron chi connectivity index (χ2n) is 5.30. The van der Waals surface area contributed by atoms with Crippen molar-refractivity contribution in [3.63, 3.8) is 0 Å². The van der Waals surface area contributed by atoms with Gasteiger partial charge in [-0.2, -0.15) is 0 Å². The number of pyridine rings is 1. The molecule has 2 rings (SSSR count). The smallest absolute Gasteiger partial charge is 0.275 e. The Morgan fingerprint density at radius 2 is 1.92 bits per heavy atom. The predicted molar refractivity (Wildman–Crippen MR) is 101 cm³/mol. The van der Waals surface area contributed by atoms with Crippen molar-refractivity contribution in [3.05, 3.63) is 46.2 Å². The van der Waals surface area contributed by atoms with Crippen molar-refractivity contribution in [1.82, 2.24) is 9.29 Å². The standard InChI is InChI=1S/C16H17Cl2N3O4S/c1-4-25-12-7-5-10(9-13(12)26(23,24)21(2)3)19-16(22)15-11(17)6-8-14(18)20-15/h5-9H,4H2,1-3H3,(H,19,22). The van der Waals surface area contributed by atoms with Crippen molar-refractivity contribution in [2.45, 2.75) is 11.8 Å². The Kier molecular flexibility index (Phi) is 6.46. The van der Waals surface area contributed by atoms with Gasteiger partial charge in [-0.15, -0.1) is 0 Å². The second kappa shape index (κ2) is 8.22. The van der Waals surface area contributed by atoms with E-state index in [0.29, 0.717) is 6.61 Å². The molecule has 7 nitrogen and oxygen atoms in total. The number of ether oxygens (including phenoxy) is 1. The first-order valence-electron chi connectivity index (χ1n) is 7.49. The third-order valence-electron chi connectivity index (χ3n) is 3.29. The Bertz CT molecular complexity index is 933. The first-order valence-corrected chi connectivity index (χ1v) is 9.69. The summed E-state index contributed by atoms with van der Waals surface area (Å²) in [4.78, 5) is 16.2. The molecule has 140 valence electrons. The normalized spacial score (nSPS) is 11.5. The summed E-state index contributed by atoms with van der Waals surface area (Å²) in [5, 5.41) is 2.80. The van der Waals surface area contributed by atoms with E-state index in [4.69, 9.17) is 27.9 Å². The number of nitrogens with one attached hydrogen (secondary N) is 1. The number of rotatable bonds is 6. The van der Waals surface area contributed by atoms with Gasteiger partial charge in [0.1, 0.15) is 21.5 Å². The van der Waals surface area contributed by atoms with Crippen LogP contribution in [0.4, 0.5) is 5.69 Å². The molecular formula is C16H17Cl2N3O4S. The largest absolute Gasteiger partial charge is 0.492 e.